The SMILES string of the molecule is COc1ccc(CCNC(=O)c2ccc3c(=O)n(-c4ccccc4F)cnc3c2)cc1. The molecule has 7 heteroatoms. The molecule has 0 unspecified atom stereocenters. The molecular formula is C24H20FN3O3. The third-order valence-corrected chi connectivity index (χ3v) is 4.99. The van der Waals surface area contributed by atoms with Crippen LogP contribution in [0.5, 0.6) is 5.75 Å². The number of halogens is 1. The average Bonchev–Trinajstić information content (AvgIpc) is 2.80. The van der Waals surface area contributed by atoms with Gasteiger partial charge in [-0.15, -0.1) is 0 Å². The summed E-state index contributed by atoms with van der Waals surface area (Å²) in [6.45, 7) is 0.464. The number of rotatable bonds is 6. The Balaban J connectivity index is 1.49. The normalized spacial score (nSPS) is 10.8. The van der Waals surface area contributed by atoms with Gasteiger partial charge in [0.1, 0.15) is 17.9 Å². The predicted octanol–water partition coefficient (Wildman–Crippen LogP) is 3.51. The molecule has 4 aromatic rings. The number of fused-ring (bicyclic) bond motifs is 1. The van der Waals surface area contributed by atoms with E-state index < -0.39 is 11.4 Å². The molecule has 31 heavy (non-hydrogen) atoms. The van der Waals surface area contributed by atoms with Crippen molar-refractivity contribution in [3.8, 4) is 11.4 Å². The second-order valence-corrected chi connectivity index (χ2v) is 6.96. The molecular weight excluding hydrogens is 397 g/mol. The van der Waals surface area contributed by atoms with Crippen LogP contribution in [0, 0.1) is 5.82 Å². The first-order valence-electron chi connectivity index (χ1n) is 9.74. The second kappa shape index (κ2) is 8.79. The van der Waals surface area contributed by atoms with Crippen molar-refractivity contribution in [2.75, 3.05) is 13.7 Å². The lowest BCUT2D eigenvalue weighted by Crippen LogP contribution is -2.26. The lowest BCUT2D eigenvalue weighted by molar-refractivity contribution is 0.0954. The Morgan fingerprint density at radius 3 is 2.61 bits per heavy atom. The van der Waals surface area contributed by atoms with E-state index in [9.17, 15) is 14.0 Å². The molecule has 1 N–H and O–H groups in total. The standard InChI is InChI=1S/C24H20FN3O3/c1-31-18-9-6-16(7-10-18)12-13-26-23(29)17-8-11-19-21(14-17)27-15-28(24(19)30)22-5-3-2-4-20(22)25/h2-11,14-15H,12-13H2,1H3,(H,26,29). The maximum atomic E-state index is 14.1. The van der Waals surface area contributed by atoms with Gasteiger partial charge >= 0.3 is 0 Å². The van der Waals surface area contributed by atoms with Gasteiger partial charge in [-0.1, -0.05) is 24.3 Å². The lowest BCUT2D eigenvalue weighted by Gasteiger charge is -2.09. The van der Waals surface area contributed by atoms with E-state index >= 15 is 0 Å². The van der Waals surface area contributed by atoms with Crippen LogP contribution in [-0.2, 0) is 6.42 Å². The van der Waals surface area contributed by atoms with Crippen LogP contribution in [-0.4, -0.2) is 29.1 Å². The number of carbonyl (C=O) groups is 1. The average molecular weight is 417 g/mol. The molecule has 0 aliphatic carbocycles. The van der Waals surface area contributed by atoms with E-state index in [4.69, 9.17) is 4.74 Å². The number of hydrogen-bond acceptors (Lipinski definition) is 4. The van der Waals surface area contributed by atoms with Crippen molar-refractivity contribution in [1.29, 1.82) is 0 Å². The molecule has 156 valence electrons. The van der Waals surface area contributed by atoms with Gasteiger partial charge in [-0.25, -0.2) is 9.37 Å². The number of amides is 1. The highest BCUT2D eigenvalue weighted by Crippen LogP contribution is 2.15. The minimum Gasteiger partial charge on any atom is -0.497 e. The highest BCUT2D eigenvalue weighted by atomic mass is 19.1. The van der Waals surface area contributed by atoms with Crippen molar-refractivity contribution in [3.63, 3.8) is 0 Å². The first-order valence-corrected chi connectivity index (χ1v) is 9.74. The van der Waals surface area contributed by atoms with Crippen LogP contribution >= 0.6 is 0 Å². The molecule has 0 saturated heterocycles. The fourth-order valence-corrected chi connectivity index (χ4v) is 3.30. The fraction of sp³-hybridized carbons (Fsp3) is 0.125. The zero-order valence-corrected chi connectivity index (χ0v) is 16.8. The molecule has 0 aliphatic rings. The van der Waals surface area contributed by atoms with Crippen molar-refractivity contribution in [1.82, 2.24) is 14.9 Å². The highest BCUT2D eigenvalue weighted by molar-refractivity contribution is 5.97. The van der Waals surface area contributed by atoms with Crippen molar-refractivity contribution in [2.24, 2.45) is 0 Å². The Bertz CT molecular complexity index is 1300. The summed E-state index contributed by atoms with van der Waals surface area (Å²) in [4.78, 5) is 29.5. The van der Waals surface area contributed by atoms with E-state index in [1.165, 1.54) is 18.5 Å². The van der Waals surface area contributed by atoms with E-state index in [1.54, 1.807) is 37.4 Å². The second-order valence-electron chi connectivity index (χ2n) is 6.96. The number of methoxy groups -OCH3 is 1. The first-order chi connectivity index (χ1) is 15.1. The van der Waals surface area contributed by atoms with Crippen LogP contribution in [0.2, 0.25) is 0 Å². The third kappa shape index (κ3) is 4.30. The maximum Gasteiger partial charge on any atom is 0.265 e. The summed E-state index contributed by atoms with van der Waals surface area (Å²) in [5.41, 5.74) is 1.58. The summed E-state index contributed by atoms with van der Waals surface area (Å²) in [6.07, 6.45) is 1.95. The van der Waals surface area contributed by atoms with Gasteiger partial charge in [0.05, 0.1) is 23.7 Å². The van der Waals surface area contributed by atoms with Gasteiger partial charge in [-0.2, -0.15) is 0 Å². The minimum atomic E-state index is -0.515. The van der Waals surface area contributed by atoms with Gasteiger partial charge < -0.3 is 10.1 Å². The summed E-state index contributed by atoms with van der Waals surface area (Å²) >= 11 is 0. The molecule has 1 heterocycles. The zero-order chi connectivity index (χ0) is 21.8. The van der Waals surface area contributed by atoms with Crippen molar-refractivity contribution in [2.45, 2.75) is 6.42 Å². The van der Waals surface area contributed by atoms with Gasteiger partial charge in [0, 0.05) is 12.1 Å². The Labute approximate surface area is 177 Å². The third-order valence-electron chi connectivity index (χ3n) is 4.99. The summed E-state index contributed by atoms with van der Waals surface area (Å²) in [6, 6.07) is 18.3. The predicted molar refractivity (Wildman–Crippen MR) is 116 cm³/mol. The zero-order valence-electron chi connectivity index (χ0n) is 16.8. The summed E-state index contributed by atoms with van der Waals surface area (Å²) in [5.74, 6) is 0.0135. The molecule has 0 spiro atoms. The number of benzene rings is 3. The Morgan fingerprint density at radius 2 is 1.87 bits per heavy atom. The molecule has 6 nitrogen and oxygen atoms in total. The van der Waals surface area contributed by atoms with Crippen LogP contribution in [0.4, 0.5) is 4.39 Å². The van der Waals surface area contributed by atoms with Crippen LogP contribution in [0.3, 0.4) is 0 Å². The summed E-state index contributed by atoms with van der Waals surface area (Å²) in [5, 5.41) is 3.18. The van der Waals surface area contributed by atoms with Gasteiger partial charge in [0.2, 0.25) is 0 Å². The number of nitrogens with zero attached hydrogens (tertiary/aromatic N) is 2. The Morgan fingerprint density at radius 1 is 1.10 bits per heavy atom. The topological polar surface area (TPSA) is 73.2 Å². The fourth-order valence-electron chi connectivity index (χ4n) is 3.30. The first kappa shape index (κ1) is 20.3. The van der Waals surface area contributed by atoms with Gasteiger partial charge in [0.15, 0.2) is 0 Å². The van der Waals surface area contributed by atoms with E-state index in [2.05, 4.69) is 10.3 Å². The summed E-state index contributed by atoms with van der Waals surface area (Å²) in [7, 11) is 1.61. The molecule has 1 amide bonds. The molecule has 0 atom stereocenters. The maximum absolute atomic E-state index is 14.1. The smallest absolute Gasteiger partial charge is 0.265 e. The molecule has 4 rings (SSSR count). The van der Waals surface area contributed by atoms with Crippen molar-refractivity contribution < 1.29 is 13.9 Å². The number of para-hydroxylation sites is 1. The number of aromatic nitrogens is 2. The van der Waals surface area contributed by atoms with Crippen LogP contribution in [0.15, 0.2) is 77.9 Å². The van der Waals surface area contributed by atoms with Gasteiger partial charge in [0.25, 0.3) is 11.5 Å². The minimum absolute atomic E-state index is 0.127. The van der Waals surface area contributed by atoms with Crippen LogP contribution in [0.1, 0.15) is 15.9 Å². The largest absolute Gasteiger partial charge is 0.497 e. The summed E-state index contributed by atoms with van der Waals surface area (Å²) < 4.78 is 20.4. The molecule has 0 fully saturated rings. The Kier molecular flexibility index (Phi) is 5.75. The Hall–Kier alpha value is -4.00. The molecule has 0 bridgehead atoms. The van der Waals surface area contributed by atoms with E-state index in [1.807, 2.05) is 24.3 Å². The lowest BCUT2D eigenvalue weighted by atomic mass is 10.1. The molecule has 0 saturated carbocycles. The molecule has 0 aliphatic heterocycles. The van der Waals surface area contributed by atoms with E-state index in [0.717, 1.165) is 15.9 Å². The highest BCUT2D eigenvalue weighted by Gasteiger charge is 2.12. The number of ether oxygens (including phenoxy) is 1. The van der Waals surface area contributed by atoms with E-state index in [0.29, 0.717) is 29.4 Å². The van der Waals surface area contributed by atoms with Gasteiger partial charge in [-0.3, -0.25) is 14.2 Å². The van der Waals surface area contributed by atoms with Crippen LogP contribution in [0.25, 0.3) is 16.6 Å². The molecule has 1 aromatic heterocycles. The van der Waals surface area contributed by atoms with Crippen molar-refractivity contribution >= 4 is 16.8 Å². The quantitative estimate of drug-likeness (QED) is 0.521. The monoisotopic (exact) mass is 417 g/mol. The van der Waals surface area contributed by atoms with Gasteiger partial charge in [-0.05, 0) is 54.4 Å². The number of nitrogens with one attached hydrogen (secondary N) is 1. The molecule has 3 aromatic carbocycles. The van der Waals surface area contributed by atoms with Crippen molar-refractivity contribution in [3.05, 3.63) is 100 Å². The van der Waals surface area contributed by atoms with Crippen LogP contribution < -0.4 is 15.6 Å². The van der Waals surface area contributed by atoms with E-state index in [-0.39, 0.29) is 11.6 Å². The number of carbonyl (C=O) groups excluding carboxylic acids is 1. The molecule has 0 radical (unpaired) electrons. The number of hydrogen-bond donors (Lipinski definition) is 1.